The molecule has 0 aliphatic heterocycles. The minimum absolute atomic E-state index is 0.164. The third kappa shape index (κ3) is 32.2. The van der Waals surface area contributed by atoms with E-state index in [0.717, 1.165) is 148 Å². The lowest BCUT2D eigenvalue weighted by atomic mass is 9.83. The van der Waals surface area contributed by atoms with Crippen molar-refractivity contribution in [2.75, 3.05) is 33.0 Å². The Kier molecular flexibility index (Phi) is 39.1. The third-order valence-electron chi connectivity index (χ3n) is 20.2. The van der Waals surface area contributed by atoms with Crippen molar-refractivity contribution in [3.8, 4) is 0 Å². The number of carbonyl (C=O) groups excluding carboxylic acids is 10. The van der Waals surface area contributed by atoms with Gasteiger partial charge in [0.15, 0.2) is 33.0 Å². The molecule has 5 fully saturated rings. The molecule has 0 aromatic rings. The lowest BCUT2D eigenvalue weighted by molar-refractivity contribution is -0.176. The second-order valence-corrected chi connectivity index (χ2v) is 29.3. The molecular weight excluding hydrogens is 1210 g/mol. The number of carbonyl (C=O) groups is 10. The Morgan fingerprint density at radius 3 is 0.734 bits per heavy atom. The third-order valence-corrected chi connectivity index (χ3v) is 20.2. The molecule has 94 heavy (non-hydrogen) atoms. The van der Waals surface area contributed by atoms with Crippen LogP contribution in [0.15, 0.2) is 0 Å². The maximum atomic E-state index is 11.9. The van der Waals surface area contributed by atoms with Crippen LogP contribution in [0.4, 0.5) is 0 Å². The van der Waals surface area contributed by atoms with Gasteiger partial charge in [-0.2, -0.15) is 0 Å². The van der Waals surface area contributed by atoms with E-state index in [0.29, 0.717) is 32.1 Å². The second kappa shape index (κ2) is 42.4. The Morgan fingerprint density at radius 2 is 0.511 bits per heavy atom. The number of esters is 10. The molecule has 20 nitrogen and oxygen atoms in total. The van der Waals surface area contributed by atoms with Gasteiger partial charge >= 0.3 is 59.7 Å². The van der Waals surface area contributed by atoms with E-state index in [9.17, 15) is 47.9 Å². The molecule has 5 rings (SSSR count). The first-order valence-electron chi connectivity index (χ1n) is 35.9. The van der Waals surface area contributed by atoms with Crippen molar-refractivity contribution in [2.45, 2.75) is 352 Å². The van der Waals surface area contributed by atoms with Crippen LogP contribution in [-0.4, -0.2) is 121 Å². The number of rotatable bonds is 28. The molecule has 2 atom stereocenters. The summed E-state index contributed by atoms with van der Waals surface area (Å²) >= 11 is 0. The first kappa shape index (κ1) is 86.7. The van der Waals surface area contributed by atoms with Crippen LogP contribution in [0, 0.1) is 28.1 Å². The van der Waals surface area contributed by atoms with Gasteiger partial charge in [0.2, 0.25) is 0 Å². The van der Waals surface area contributed by atoms with Gasteiger partial charge in [-0.3, -0.25) is 24.0 Å². The van der Waals surface area contributed by atoms with Crippen molar-refractivity contribution in [3.63, 3.8) is 0 Å². The minimum atomic E-state index is -0.548. The van der Waals surface area contributed by atoms with Gasteiger partial charge in [-0.05, 0) is 235 Å². The van der Waals surface area contributed by atoms with Crippen LogP contribution >= 0.6 is 0 Å². The van der Waals surface area contributed by atoms with Gasteiger partial charge in [-0.25, -0.2) is 24.0 Å². The number of hydrogen-bond acceptors (Lipinski definition) is 20. The van der Waals surface area contributed by atoms with Crippen LogP contribution in [0.3, 0.4) is 0 Å². The lowest BCUT2D eigenvalue weighted by Gasteiger charge is -2.36. The zero-order valence-corrected chi connectivity index (χ0v) is 61.8. The van der Waals surface area contributed by atoms with Gasteiger partial charge < -0.3 is 47.4 Å². The smallest absolute Gasteiger partial charge is 0.344 e. The summed E-state index contributed by atoms with van der Waals surface area (Å²) in [6.45, 7) is 32.7. The van der Waals surface area contributed by atoms with Gasteiger partial charge in [0, 0.05) is 0 Å². The topological polar surface area (TPSA) is 263 Å². The van der Waals surface area contributed by atoms with Crippen molar-refractivity contribution in [1.29, 1.82) is 0 Å². The monoisotopic (exact) mass is 1340 g/mol. The molecule has 0 aromatic heterocycles. The van der Waals surface area contributed by atoms with E-state index in [1.165, 1.54) is 19.3 Å². The summed E-state index contributed by atoms with van der Waals surface area (Å²) in [5, 5.41) is 0. The molecule has 0 amide bonds. The highest BCUT2D eigenvalue weighted by Crippen LogP contribution is 2.38. The lowest BCUT2D eigenvalue weighted by Crippen LogP contribution is -2.38. The average Bonchev–Trinajstić information content (AvgIpc) is 2.08. The maximum absolute atomic E-state index is 11.9. The summed E-state index contributed by atoms with van der Waals surface area (Å²) in [5.41, 5.74) is -3.33. The van der Waals surface area contributed by atoms with Crippen LogP contribution in [0.1, 0.15) is 324 Å². The predicted molar refractivity (Wildman–Crippen MR) is 358 cm³/mol. The second-order valence-electron chi connectivity index (χ2n) is 29.3. The summed E-state index contributed by atoms with van der Waals surface area (Å²) in [6, 6.07) is 0. The highest BCUT2D eigenvalue weighted by atomic mass is 16.6. The molecule has 544 valence electrons. The van der Waals surface area contributed by atoms with Crippen LogP contribution in [0.2, 0.25) is 0 Å². The Bertz CT molecular complexity index is 2320. The highest BCUT2D eigenvalue weighted by molar-refractivity contribution is 5.82. The SMILES string of the molecule is CCC(C)(C)C(=O)OCC(=O)OC1(C)CCCC1.CCC(C)C(=O)OCC(=O)OC1(C)CCCCC1.CCC(C)C(=O)OCC(=O)OC1(CC)CCCCC1.CCC1(OC(=O)COC(=O)C(C)(C)CC)CCCC1.CCC1(OC(=O)COC(=O)C(C)(C)CC)CCCCC1. The standard InChI is InChI=1S/C16H28O4.2C15H26O4.2C14H24O4/c1-5-15(3,4)14(18)19-12-13(17)20-16(6-2)10-8-7-9-11-16;1-5-14(3,4)13(17)18-11-12(16)19-15(6-2)9-7-8-10-15;1-4-12(3)14(17)18-11-13(16)19-15(5-2)9-7-6-8-10-15;1-5-13(2,3)12(16)17-10-11(15)18-14(4)8-6-7-9-14;1-4-11(2)13(16)17-10-12(15)18-14(3)8-6-5-7-9-14/h5-12H2,1-4H3;5-11H2,1-4H3;12H,4-11H2,1-3H3;5-10H2,1-4H3;11H,4-10H2,1-3H3. The van der Waals surface area contributed by atoms with Crippen molar-refractivity contribution >= 4 is 59.7 Å². The van der Waals surface area contributed by atoms with Gasteiger partial charge in [0.05, 0.1) is 28.1 Å². The molecule has 0 aromatic carbocycles. The van der Waals surface area contributed by atoms with Crippen molar-refractivity contribution in [3.05, 3.63) is 0 Å². The Morgan fingerprint density at radius 1 is 0.309 bits per heavy atom. The summed E-state index contributed by atoms with van der Waals surface area (Å²) in [4.78, 5) is 117. The van der Waals surface area contributed by atoms with Gasteiger partial charge in [0.1, 0.15) is 28.0 Å². The zero-order chi connectivity index (χ0) is 71.5. The molecule has 0 N–H and O–H groups in total. The first-order valence-corrected chi connectivity index (χ1v) is 35.9. The molecular formula is C74H128O20. The normalized spacial score (nSPS) is 18.9. The molecule has 5 aliphatic rings. The molecule has 0 radical (unpaired) electrons. The van der Waals surface area contributed by atoms with Crippen molar-refractivity contribution < 1.29 is 95.3 Å². The fourth-order valence-electron chi connectivity index (χ4n) is 11.3. The van der Waals surface area contributed by atoms with E-state index in [1.54, 1.807) is 27.7 Å². The van der Waals surface area contributed by atoms with E-state index in [-0.39, 0.29) is 103 Å². The average molecular weight is 1340 g/mol. The molecule has 5 aliphatic carbocycles. The first-order chi connectivity index (χ1) is 44.0. The van der Waals surface area contributed by atoms with Crippen LogP contribution in [0.25, 0.3) is 0 Å². The quantitative estimate of drug-likeness (QED) is 0.0520. The van der Waals surface area contributed by atoms with E-state index in [4.69, 9.17) is 47.4 Å². The predicted octanol–water partition coefficient (Wildman–Crippen LogP) is 15.8. The number of ether oxygens (including phenoxy) is 10. The zero-order valence-electron chi connectivity index (χ0n) is 61.8. The highest BCUT2D eigenvalue weighted by Gasteiger charge is 2.40. The fraction of sp³-hybridized carbons (Fsp3) is 0.865. The number of hydrogen-bond donors (Lipinski definition) is 0. The van der Waals surface area contributed by atoms with E-state index in [2.05, 4.69) is 0 Å². The largest absolute Gasteiger partial charge is 0.457 e. The molecule has 0 bridgehead atoms. The summed E-state index contributed by atoms with van der Waals surface area (Å²) in [5.74, 6) is -4.16. The fourth-order valence-corrected chi connectivity index (χ4v) is 11.3. The Labute approximate surface area is 565 Å². The molecule has 20 heteroatoms. The van der Waals surface area contributed by atoms with Gasteiger partial charge in [0.25, 0.3) is 0 Å². The van der Waals surface area contributed by atoms with E-state index >= 15 is 0 Å². The molecule has 0 heterocycles. The van der Waals surface area contributed by atoms with E-state index in [1.807, 2.05) is 96.9 Å². The van der Waals surface area contributed by atoms with Gasteiger partial charge in [-0.1, -0.05) is 88.5 Å². The van der Waals surface area contributed by atoms with Crippen molar-refractivity contribution in [1.82, 2.24) is 0 Å². The van der Waals surface area contributed by atoms with Crippen molar-refractivity contribution in [2.24, 2.45) is 28.1 Å². The maximum Gasteiger partial charge on any atom is 0.344 e. The summed E-state index contributed by atoms with van der Waals surface area (Å²) < 4.78 is 52.5. The van der Waals surface area contributed by atoms with Crippen LogP contribution in [0.5, 0.6) is 0 Å². The van der Waals surface area contributed by atoms with Gasteiger partial charge in [-0.15, -0.1) is 0 Å². The molecule has 0 saturated heterocycles. The van der Waals surface area contributed by atoms with E-state index < -0.39 is 46.1 Å². The Hall–Kier alpha value is -5.30. The minimum Gasteiger partial charge on any atom is -0.457 e. The Balaban J connectivity index is 0.000000588. The summed E-state index contributed by atoms with van der Waals surface area (Å²) in [7, 11) is 0. The van der Waals surface area contributed by atoms with Crippen LogP contribution in [-0.2, 0) is 95.3 Å². The van der Waals surface area contributed by atoms with Crippen LogP contribution < -0.4 is 0 Å². The summed E-state index contributed by atoms with van der Waals surface area (Å²) in [6.07, 6.45) is 29.7. The molecule has 0 spiro atoms. The molecule has 5 saturated carbocycles. The molecule has 2 unspecified atom stereocenters.